The zero-order valence-corrected chi connectivity index (χ0v) is 9.87. The maximum Gasteiger partial charge on any atom is 0.239 e. The molecule has 1 aromatic heterocycles. The first-order valence-electron chi connectivity index (χ1n) is 5.13. The molecule has 0 saturated heterocycles. The van der Waals surface area contributed by atoms with E-state index in [9.17, 15) is 4.79 Å². The van der Waals surface area contributed by atoms with Crippen LogP contribution in [0.1, 0.15) is 20.8 Å². The van der Waals surface area contributed by atoms with Crippen LogP contribution in [0.3, 0.4) is 0 Å². The average Bonchev–Trinajstić information content (AvgIpc) is 2.14. The number of pyridine rings is 1. The van der Waals surface area contributed by atoms with Gasteiger partial charge in [-0.15, -0.1) is 0 Å². The summed E-state index contributed by atoms with van der Waals surface area (Å²) in [6.45, 7) is 6.01. The molecule has 4 N–H and O–H groups in total. The highest BCUT2D eigenvalue weighted by atomic mass is 16.2. The van der Waals surface area contributed by atoms with E-state index in [1.165, 1.54) is 0 Å². The predicted molar refractivity (Wildman–Crippen MR) is 65.0 cm³/mol. The molecule has 0 radical (unpaired) electrons. The van der Waals surface area contributed by atoms with Crippen molar-refractivity contribution in [2.75, 3.05) is 17.6 Å². The van der Waals surface area contributed by atoms with Crippen molar-refractivity contribution in [3.63, 3.8) is 0 Å². The number of nitrogen functional groups attached to an aromatic ring is 1. The lowest BCUT2D eigenvalue weighted by atomic mass is 10.1. The molecular weight excluding hydrogens is 204 g/mol. The first-order valence-corrected chi connectivity index (χ1v) is 5.13. The van der Waals surface area contributed by atoms with Crippen molar-refractivity contribution in [3.8, 4) is 0 Å². The van der Waals surface area contributed by atoms with E-state index in [0.29, 0.717) is 5.69 Å². The number of nitrogens with two attached hydrogens (primary N) is 1. The van der Waals surface area contributed by atoms with Crippen LogP contribution in [0, 0.1) is 0 Å². The van der Waals surface area contributed by atoms with Crippen molar-refractivity contribution in [2.45, 2.75) is 26.3 Å². The van der Waals surface area contributed by atoms with Gasteiger partial charge >= 0.3 is 0 Å². The van der Waals surface area contributed by atoms with Gasteiger partial charge in [-0.25, -0.2) is 0 Å². The van der Waals surface area contributed by atoms with Crippen LogP contribution < -0.4 is 16.4 Å². The topological polar surface area (TPSA) is 80.0 Å². The summed E-state index contributed by atoms with van der Waals surface area (Å²) in [6, 6.07) is 1.74. The summed E-state index contributed by atoms with van der Waals surface area (Å²) in [5, 5.41) is 5.81. The normalized spacial score (nSPS) is 10.9. The van der Waals surface area contributed by atoms with E-state index in [4.69, 9.17) is 5.73 Å². The smallest absolute Gasteiger partial charge is 0.239 e. The first-order chi connectivity index (χ1) is 7.38. The van der Waals surface area contributed by atoms with Crippen molar-refractivity contribution in [1.29, 1.82) is 0 Å². The summed E-state index contributed by atoms with van der Waals surface area (Å²) in [7, 11) is 0. The Morgan fingerprint density at radius 1 is 1.50 bits per heavy atom. The lowest BCUT2D eigenvalue weighted by molar-refractivity contribution is -0.120. The zero-order chi connectivity index (χ0) is 12.2. The maximum atomic E-state index is 11.5. The molecule has 0 saturated carbocycles. The standard InChI is InChI=1S/C11H18N4O/c1-11(2,3)15-10(16)7-14-9-4-5-13-6-8(9)12/h4-6H,7,12H2,1-3H3,(H,13,14)(H,15,16). The molecule has 5 nitrogen and oxygen atoms in total. The van der Waals surface area contributed by atoms with Gasteiger partial charge in [-0.3, -0.25) is 9.78 Å². The van der Waals surface area contributed by atoms with Crippen molar-refractivity contribution in [1.82, 2.24) is 10.3 Å². The van der Waals surface area contributed by atoms with Crippen LogP contribution in [0.5, 0.6) is 0 Å². The third-order valence-electron chi connectivity index (χ3n) is 1.81. The quantitative estimate of drug-likeness (QED) is 0.712. The molecule has 0 aliphatic carbocycles. The van der Waals surface area contributed by atoms with Gasteiger partial charge in [0.25, 0.3) is 0 Å². The third-order valence-corrected chi connectivity index (χ3v) is 1.81. The molecule has 16 heavy (non-hydrogen) atoms. The number of amides is 1. The number of nitrogens with zero attached hydrogens (tertiary/aromatic N) is 1. The van der Waals surface area contributed by atoms with Crippen molar-refractivity contribution in [2.24, 2.45) is 0 Å². The molecule has 1 aromatic rings. The summed E-state index contributed by atoms with van der Waals surface area (Å²) in [6.07, 6.45) is 3.17. The average molecular weight is 222 g/mol. The summed E-state index contributed by atoms with van der Waals surface area (Å²) in [5.41, 5.74) is 6.71. The molecule has 0 spiro atoms. The molecule has 0 fully saturated rings. The number of hydrogen-bond acceptors (Lipinski definition) is 4. The van der Waals surface area contributed by atoms with Gasteiger partial charge < -0.3 is 16.4 Å². The van der Waals surface area contributed by atoms with Crippen LogP contribution in [0.4, 0.5) is 11.4 Å². The van der Waals surface area contributed by atoms with E-state index < -0.39 is 0 Å². The number of aromatic nitrogens is 1. The molecule has 0 aliphatic heterocycles. The Kier molecular flexibility index (Phi) is 3.71. The Morgan fingerprint density at radius 2 is 2.19 bits per heavy atom. The molecule has 1 rings (SSSR count). The van der Waals surface area contributed by atoms with Crippen LogP contribution in [0.15, 0.2) is 18.5 Å². The molecule has 1 amide bonds. The Hall–Kier alpha value is -1.78. The van der Waals surface area contributed by atoms with Crippen LogP contribution in [0.2, 0.25) is 0 Å². The van der Waals surface area contributed by atoms with Gasteiger partial charge in [0.2, 0.25) is 5.91 Å². The Balaban J connectivity index is 2.47. The van der Waals surface area contributed by atoms with Crippen LogP contribution >= 0.6 is 0 Å². The lowest BCUT2D eigenvalue weighted by Gasteiger charge is -2.20. The highest BCUT2D eigenvalue weighted by Gasteiger charge is 2.13. The van der Waals surface area contributed by atoms with Gasteiger partial charge in [-0.05, 0) is 26.8 Å². The van der Waals surface area contributed by atoms with Crippen molar-refractivity contribution >= 4 is 17.3 Å². The van der Waals surface area contributed by atoms with Gasteiger partial charge in [0.1, 0.15) is 0 Å². The van der Waals surface area contributed by atoms with Crippen LogP contribution in [-0.4, -0.2) is 23.0 Å². The fraction of sp³-hybridized carbons (Fsp3) is 0.455. The second-order valence-corrected chi connectivity index (χ2v) is 4.61. The summed E-state index contributed by atoms with van der Waals surface area (Å²) in [5.74, 6) is -0.0660. The largest absolute Gasteiger partial charge is 0.396 e. The molecule has 88 valence electrons. The summed E-state index contributed by atoms with van der Waals surface area (Å²) < 4.78 is 0. The lowest BCUT2D eigenvalue weighted by Crippen LogP contribution is -2.43. The number of rotatable bonds is 3. The molecule has 1 heterocycles. The minimum Gasteiger partial charge on any atom is -0.396 e. The molecular formula is C11H18N4O. The van der Waals surface area contributed by atoms with Crippen LogP contribution in [-0.2, 0) is 4.79 Å². The van der Waals surface area contributed by atoms with E-state index in [2.05, 4.69) is 15.6 Å². The zero-order valence-electron chi connectivity index (χ0n) is 9.87. The molecule has 0 bridgehead atoms. The monoisotopic (exact) mass is 222 g/mol. The molecule has 0 atom stereocenters. The van der Waals surface area contributed by atoms with E-state index in [0.717, 1.165) is 5.69 Å². The van der Waals surface area contributed by atoms with E-state index >= 15 is 0 Å². The fourth-order valence-electron chi connectivity index (χ4n) is 1.21. The maximum absolute atomic E-state index is 11.5. The third kappa shape index (κ3) is 4.16. The van der Waals surface area contributed by atoms with Crippen LogP contribution in [0.25, 0.3) is 0 Å². The number of anilines is 2. The first kappa shape index (κ1) is 12.3. The van der Waals surface area contributed by atoms with Crippen molar-refractivity contribution < 1.29 is 4.79 Å². The number of hydrogen-bond donors (Lipinski definition) is 3. The Morgan fingerprint density at radius 3 is 2.75 bits per heavy atom. The molecule has 0 aliphatic rings. The minimum atomic E-state index is -0.220. The number of nitrogens with one attached hydrogen (secondary N) is 2. The van der Waals surface area contributed by atoms with E-state index in [-0.39, 0.29) is 18.0 Å². The van der Waals surface area contributed by atoms with Gasteiger partial charge in [-0.2, -0.15) is 0 Å². The van der Waals surface area contributed by atoms with Gasteiger partial charge in [0.15, 0.2) is 0 Å². The highest BCUT2D eigenvalue weighted by molar-refractivity contribution is 5.82. The molecule has 0 aromatic carbocycles. The van der Waals surface area contributed by atoms with Gasteiger partial charge in [0, 0.05) is 11.7 Å². The van der Waals surface area contributed by atoms with Crippen molar-refractivity contribution in [3.05, 3.63) is 18.5 Å². The predicted octanol–water partition coefficient (Wildman–Crippen LogP) is 0.990. The van der Waals surface area contributed by atoms with Gasteiger partial charge in [0.05, 0.1) is 24.1 Å². The minimum absolute atomic E-state index is 0.0660. The molecule has 5 heteroatoms. The SMILES string of the molecule is CC(C)(C)NC(=O)CNc1ccncc1N. The molecule has 0 unspecified atom stereocenters. The van der Waals surface area contributed by atoms with E-state index in [1.54, 1.807) is 18.5 Å². The highest BCUT2D eigenvalue weighted by Crippen LogP contribution is 2.14. The second kappa shape index (κ2) is 4.83. The fourth-order valence-corrected chi connectivity index (χ4v) is 1.21. The summed E-state index contributed by atoms with van der Waals surface area (Å²) >= 11 is 0. The Bertz CT molecular complexity index is 370. The van der Waals surface area contributed by atoms with E-state index in [1.807, 2.05) is 20.8 Å². The second-order valence-electron chi connectivity index (χ2n) is 4.61. The summed E-state index contributed by atoms with van der Waals surface area (Å²) in [4.78, 5) is 15.4. The van der Waals surface area contributed by atoms with Gasteiger partial charge in [-0.1, -0.05) is 0 Å². The number of carbonyl (C=O) groups is 1. The Labute approximate surface area is 95.4 Å². The number of carbonyl (C=O) groups excluding carboxylic acids is 1.